The van der Waals surface area contributed by atoms with Gasteiger partial charge in [-0.3, -0.25) is 4.40 Å². The van der Waals surface area contributed by atoms with Crippen LogP contribution in [0.15, 0.2) is 42.7 Å². The molecule has 2 aromatic carbocycles. The van der Waals surface area contributed by atoms with E-state index in [1.165, 1.54) is 30.6 Å². The minimum Gasteiger partial charge on any atom is -0.329 e. The third kappa shape index (κ3) is 2.93. The van der Waals surface area contributed by atoms with Crippen LogP contribution in [0.25, 0.3) is 16.7 Å². The molecule has 0 aliphatic heterocycles. The fourth-order valence-corrected chi connectivity index (χ4v) is 3.16. The highest BCUT2D eigenvalue weighted by atomic mass is 19.1. The minimum atomic E-state index is -0.386. The first kappa shape index (κ1) is 16.6. The maximum atomic E-state index is 14.2. The van der Waals surface area contributed by atoms with E-state index in [1.54, 1.807) is 28.5 Å². The van der Waals surface area contributed by atoms with E-state index in [4.69, 9.17) is 0 Å². The van der Waals surface area contributed by atoms with Gasteiger partial charge >= 0.3 is 0 Å². The maximum absolute atomic E-state index is 14.2. The SMILES string of the molecule is CN(c1cc(F)cc(C#CC2CC2)c1)c1nc2nncn2c2ccc(F)cc12. The number of fused-ring (bicyclic) bond motifs is 3. The minimum absolute atomic E-state index is 0.381. The van der Waals surface area contributed by atoms with Crippen molar-refractivity contribution in [1.82, 2.24) is 19.6 Å². The van der Waals surface area contributed by atoms with Gasteiger partial charge in [0.25, 0.3) is 5.78 Å². The molecule has 5 nitrogen and oxygen atoms in total. The summed E-state index contributed by atoms with van der Waals surface area (Å²) >= 11 is 0. The van der Waals surface area contributed by atoms with E-state index >= 15 is 0 Å². The molecule has 1 aliphatic carbocycles. The maximum Gasteiger partial charge on any atom is 0.257 e. The van der Waals surface area contributed by atoms with Gasteiger partial charge in [-0.25, -0.2) is 8.78 Å². The Kier molecular flexibility index (Phi) is 3.72. The van der Waals surface area contributed by atoms with E-state index in [2.05, 4.69) is 27.0 Å². The highest BCUT2D eigenvalue weighted by Crippen LogP contribution is 2.32. The Labute approximate surface area is 159 Å². The van der Waals surface area contributed by atoms with Crippen LogP contribution in [-0.2, 0) is 0 Å². The Morgan fingerprint density at radius 2 is 1.96 bits per heavy atom. The molecule has 0 unspecified atom stereocenters. The van der Waals surface area contributed by atoms with Crippen molar-refractivity contribution in [1.29, 1.82) is 0 Å². The lowest BCUT2D eigenvalue weighted by Gasteiger charge is -2.21. The molecule has 0 saturated heterocycles. The lowest BCUT2D eigenvalue weighted by atomic mass is 10.1. The number of aromatic nitrogens is 4. The van der Waals surface area contributed by atoms with E-state index in [0.29, 0.717) is 39.7 Å². The average molecular weight is 375 g/mol. The van der Waals surface area contributed by atoms with E-state index in [9.17, 15) is 8.78 Å². The highest BCUT2D eigenvalue weighted by molar-refractivity contribution is 5.93. The molecule has 5 rings (SSSR count). The van der Waals surface area contributed by atoms with Gasteiger partial charge in [0.15, 0.2) is 0 Å². The van der Waals surface area contributed by atoms with Crippen molar-refractivity contribution in [2.24, 2.45) is 5.92 Å². The van der Waals surface area contributed by atoms with Crippen LogP contribution in [0, 0.1) is 29.4 Å². The summed E-state index contributed by atoms with van der Waals surface area (Å²) in [5, 5.41) is 8.46. The quantitative estimate of drug-likeness (QED) is 0.495. The van der Waals surface area contributed by atoms with Crippen LogP contribution in [0.3, 0.4) is 0 Å². The summed E-state index contributed by atoms with van der Waals surface area (Å²) in [5.41, 5.74) is 1.89. The lowest BCUT2D eigenvalue weighted by molar-refractivity contribution is 0.627. The molecule has 0 radical (unpaired) electrons. The third-order valence-corrected chi connectivity index (χ3v) is 4.78. The summed E-state index contributed by atoms with van der Waals surface area (Å²) < 4.78 is 29.9. The van der Waals surface area contributed by atoms with Crippen molar-refractivity contribution in [3.8, 4) is 11.8 Å². The standard InChI is InChI=1S/C21H15F2N5/c1-27(17-9-14(8-16(23)10-17)5-4-13-2-3-13)20-18-11-15(22)6-7-19(18)28-12-24-26-21(28)25-20/h6-13H,2-3H2,1H3. The Morgan fingerprint density at radius 3 is 2.79 bits per heavy atom. The smallest absolute Gasteiger partial charge is 0.257 e. The number of halogens is 2. The lowest BCUT2D eigenvalue weighted by Crippen LogP contribution is -2.13. The van der Waals surface area contributed by atoms with Crippen molar-refractivity contribution >= 4 is 28.2 Å². The van der Waals surface area contributed by atoms with Crippen LogP contribution in [0.5, 0.6) is 0 Å². The highest BCUT2D eigenvalue weighted by Gasteiger charge is 2.18. The zero-order valence-corrected chi connectivity index (χ0v) is 15.0. The first-order chi connectivity index (χ1) is 13.6. The molecule has 1 saturated carbocycles. The van der Waals surface area contributed by atoms with Gasteiger partial charge in [0.05, 0.1) is 5.52 Å². The Hall–Kier alpha value is -3.53. The molecular weight excluding hydrogens is 360 g/mol. The van der Waals surface area contributed by atoms with E-state index in [0.717, 1.165) is 12.8 Å². The molecule has 0 bridgehead atoms. The molecule has 0 spiro atoms. The molecule has 2 aromatic heterocycles. The third-order valence-electron chi connectivity index (χ3n) is 4.78. The Bertz CT molecular complexity index is 1280. The topological polar surface area (TPSA) is 46.3 Å². The van der Waals surface area contributed by atoms with Gasteiger partial charge in [0.2, 0.25) is 0 Å². The normalized spacial score (nSPS) is 13.5. The summed E-state index contributed by atoms with van der Waals surface area (Å²) in [7, 11) is 1.76. The number of benzene rings is 2. The summed E-state index contributed by atoms with van der Waals surface area (Å²) in [4.78, 5) is 6.22. The van der Waals surface area contributed by atoms with Crippen LogP contribution < -0.4 is 4.90 Å². The molecule has 1 aliphatic rings. The van der Waals surface area contributed by atoms with E-state index < -0.39 is 0 Å². The second-order valence-electron chi connectivity index (χ2n) is 6.90. The van der Waals surface area contributed by atoms with Gasteiger partial charge in [-0.2, -0.15) is 4.98 Å². The molecule has 0 N–H and O–H groups in total. The number of rotatable bonds is 2. The molecule has 138 valence electrons. The first-order valence-electron chi connectivity index (χ1n) is 8.93. The first-order valence-corrected chi connectivity index (χ1v) is 8.93. The van der Waals surface area contributed by atoms with Crippen LogP contribution >= 0.6 is 0 Å². The largest absolute Gasteiger partial charge is 0.329 e. The van der Waals surface area contributed by atoms with Crippen LogP contribution in [-0.4, -0.2) is 26.6 Å². The van der Waals surface area contributed by atoms with Gasteiger partial charge in [0.1, 0.15) is 23.8 Å². The van der Waals surface area contributed by atoms with E-state index in [1.807, 2.05) is 0 Å². The number of nitrogens with zero attached hydrogens (tertiary/aromatic N) is 5. The van der Waals surface area contributed by atoms with Crippen molar-refractivity contribution in [2.75, 3.05) is 11.9 Å². The number of hydrogen-bond donors (Lipinski definition) is 0. The predicted octanol–water partition coefficient (Wildman–Crippen LogP) is 4.09. The zero-order valence-electron chi connectivity index (χ0n) is 15.0. The summed E-state index contributed by atoms with van der Waals surface area (Å²) in [6, 6.07) is 9.06. The molecule has 0 amide bonds. The Balaban J connectivity index is 1.67. The van der Waals surface area contributed by atoms with Crippen molar-refractivity contribution in [2.45, 2.75) is 12.8 Å². The molecule has 2 heterocycles. The van der Waals surface area contributed by atoms with Crippen molar-refractivity contribution in [3.05, 3.63) is 59.9 Å². The monoisotopic (exact) mass is 375 g/mol. The second-order valence-corrected chi connectivity index (χ2v) is 6.90. The fraction of sp³-hybridized carbons (Fsp3) is 0.190. The fourth-order valence-electron chi connectivity index (χ4n) is 3.16. The molecule has 7 heteroatoms. The second kappa shape index (κ2) is 6.27. The average Bonchev–Trinajstić information content (AvgIpc) is 3.39. The predicted molar refractivity (Wildman–Crippen MR) is 102 cm³/mol. The Morgan fingerprint density at radius 1 is 1.11 bits per heavy atom. The van der Waals surface area contributed by atoms with Gasteiger partial charge in [-0.1, -0.05) is 11.8 Å². The molecule has 1 fully saturated rings. The molecular formula is C21H15F2N5. The van der Waals surface area contributed by atoms with Crippen LogP contribution in [0.4, 0.5) is 20.3 Å². The summed E-state index contributed by atoms with van der Waals surface area (Å²) in [6.45, 7) is 0. The van der Waals surface area contributed by atoms with Crippen LogP contribution in [0.2, 0.25) is 0 Å². The van der Waals surface area contributed by atoms with Gasteiger partial charge in [-0.15, -0.1) is 10.2 Å². The summed E-state index contributed by atoms with van der Waals surface area (Å²) in [5.74, 6) is 6.68. The number of hydrogen-bond acceptors (Lipinski definition) is 4. The van der Waals surface area contributed by atoms with Gasteiger partial charge in [-0.05, 0) is 49.2 Å². The van der Waals surface area contributed by atoms with Crippen LogP contribution in [0.1, 0.15) is 18.4 Å². The molecule has 4 aromatic rings. The zero-order chi connectivity index (χ0) is 19.3. The van der Waals surface area contributed by atoms with Gasteiger partial charge in [0, 0.05) is 29.6 Å². The van der Waals surface area contributed by atoms with E-state index in [-0.39, 0.29) is 11.6 Å². The van der Waals surface area contributed by atoms with Gasteiger partial charge < -0.3 is 4.90 Å². The molecule has 28 heavy (non-hydrogen) atoms. The van der Waals surface area contributed by atoms with Crippen molar-refractivity contribution < 1.29 is 8.78 Å². The number of anilines is 2. The molecule has 0 atom stereocenters. The van der Waals surface area contributed by atoms with Crippen molar-refractivity contribution in [3.63, 3.8) is 0 Å². The summed E-state index contributed by atoms with van der Waals surface area (Å²) in [6.07, 6.45) is 3.74.